The summed E-state index contributed by atoms with van der Waals surface area (Å²) in [4.78, 5) is 0. The second kappa shape index (κ2) is 6.97. The van der Waals surface area contributed by atoms with Gasteiger partial charge in [-0.1, -0.05) is 5.21 Å². The molecule has 2 aromatic rings. The number of methoxy groups -OCH3 is 2. The van der Waals surface area contributed by atoms with Crippen LogP contribution in [0.4, 0.5) is 4.39 Å². The van der Waals surface area contributed by atoms with Crippen molar-refractivity contribution in [2.24, 2.45) is 0 Å². The standard InChI is InChI=1S/C18H23BFN3O4/c1-17(2)18(3,4)27-19(26-17)16(20)7-12-11-23(22-21-12)13-8-14(24-5)10-15(9-13)25-6/h7-11H,1-6H3. The highest BCUT2D eigenvalue weighted by Crippen LogP contribution is 2.39. The van der Waals surface area contributed by atoms with Crippen LogP contribution in [0.5, 0.6) is 11.5 Å². The molecule has 0 bridgehead atoms. The summed E-state index contributed by atoms with van der Waals surface area (Å²) < 4.78 is 38.0. The van der Waals surface area contributed by atoms with E-state index in [4.69, 9.17) is 18.8 Å². The topological polar surface area (TPSA) is 67.6 Å². The molecule has 1 aliphatic heterocycles. The van der Waals surface area contributed by atoms with Crippen molar-refractivity contribution in [2.75, 3.05) is 14.2 Å². The lowest BCUT2D eigenvalue weighted by molar-refractivity contribution is 0.00578. The first kappa shape index (κ1) is 19.4. The van der Waals surface area contributed by atoms with E-state index in [0.717, 1.165) is 0 Å². The fraction of sp³-hybridized carbons (Fsp3) is 0.444. The molecule has 7 nitrogen and oxygen atoms in total. The Balaban J connectivity index is 1.83. The van der Waals surface area contributed by atoms with E-state index in [1.807, 2.05) is 27.7 Å². The number of benzene rings is 1. The zero-order valence-corrected chi connectivity index (χ0v) is 16.3. The van der Waals surface area contributed by atoms with Crippen LogP contribution in [-0.2, 0) is 9.31 Å². The van der Waals surface area contributed by atoms with Crippen LogP contribution in [0.15, 0.2) is 30.1 Å². The smallest absolute Gasteiger partial charge is 0.497 e. The van der Waals surface area contributed by atoms with E-state index >= 15 is 0 Å². The third-order valence-corrected chi connectivity index (χ3v) is 4.88. The van der Waals surface area contributed by atoms with Crippen LogP contribution in [0.25, 0.3) is 11.8 Å². The number of hydrogen-bond donors (Lipinski definition) is 0. The second-order valence-electron chi connectivity index (χ2n) is 7.28. The van der Waals surface area contributed by atoms with Crippen LogP contribution in [0.3, 0.4) is 0 Å². The Hall–Kier alpha value is -2.39. The summed E-state index contributed by atoms with van der Waals surface area (Å²) >= 11 is 0. The molecule has 1 aromatic heterocycles. The molecule has 144 valence electrons. The van der Waals surface area contributed by atoms with Crippen LogP contribution in [0.1, 0.15) is 33.4 Å². The Morgan fingerprint density at radius 3 is 2.15 bits per heavy atom. The molecule has 1 fully saturated rings. The Labute approximate surface area is 158 Å². The van der Waals surface area contributed by atoms with Crippen molar-refractivity contribution in [3.8, 4) is 17.2 Å². The van der Waals surface area contributed by atoms with Gasteiger partial charge in [0.05, 0.1) is 37.3 Å². The summed E-state index contributed by atoms with van der Waals surface area (Å²) in [7, 11) is 2.05. The third-order valence-electron chi connectivity index (χ3n) is 4.88. The predicted octanol–water partition coefficient (Wildman–Crippen LogP) is 3.23. The molecule has 0 unspecified atom stereocenters. The average molecular weight is 375 g/mol. The molecular weight excluding hydrogens is 352 g/mol. The van der Waals surface area contributed by atoms with Crippen molar-refractivity contribution in [3.05, 3.63) is 35.8 Å². The lowest BCUT2D eigenvalue weighted by Crippen LogP contribution is -2.41. The minimum Gasteiger partial charge on any atom is -0.497 e. The molecule has 1 aliphatic rings. The molecule has 0 N–H and O–H groups in total. The van der Waals surface area contributed by atoms with Crippen LogP contribution >= 0.6 is 0 Å². The summed E-state index contributed by atoms with van der Waals surface area (Å²) in [6.07, 6.45) is 2.85. The molecule has 27 heavy (non-hydrogen) atoms. The number of aromatic nitrogens is 3. The quantitative estimate of drug-likeness (QED) is 0.748. The van der Waals surface area contributed by atoms with E-state index < -0.39 is 24.0 Å². The monoisotopic (exact) mass is 375 g/mol. The first-order valence-corrected chi connectivity index (χ1v) is 8.54. The minimum atomic E-state index is -1.07. The van der Waals surface area contributed by atoms with Gasteiger partial charge in [-0.2, -0.15) is 0 Å². The first-order chi connectivity index (χ1) is 12.6. The van der Waals surface area contributed by atoms with Gasteiger partial charge in [-0.05, 0) is 33.8 Å². The second-order valence-corrected chi connectivity index (χ2v) is 7.28. The average Bonchev–Trinajstić information content (AvgIpc) is 3.16. The van der Waals surface area contributed by atoms with E-state index in [1.54, 1.807) is 38.6 Å². The van der Waals surface area contributed by atoms with Crippen molar-refractivity contribution in [3.63, 3.8) is 0 Å². The maximum absolute atomic E-state index is 14.6. The zero-order chi connectivity index (χ0) is 19.8. The van der Waals surface area contributed by atoms with Crippen molar-refractivity contribution < 1.29 is 23.2 Å². The number of halogens is 1. The minimum absolute atomic E-state index is 0.337. The summed E-state index contributed by atoms with van der Waals surface area (Å²) in [6.45, 7) is 7.47. The molecule has 2 heterocycles. The molecule has 3 rings (SSSR count). The molecule has 0 amide bonds. The van der Waals surface area contributed by atoms with Gasteiger partial charge in [0.1, 0.15) is 22.9 Å². The van der Waals surface area contributed by atoms with Crippen LogP contribution in [-0.4, -0.2) is 47.5 Å². The molecule has 1 saturated heterocycles. The molecule has 0 saturated carbocycles. The van der Waals surface area contributed by atoms with Gasteiger partial charge in [0.25, 0.3) is 0 Å². The number of ether oxygens (including phenoxy) is 2. The van der Waals surface area contributed by atoms with Crippen molar-refractivity contribution in [1.29, 1.82) is 0 Å². The molecule has 0 spiro atoms. The van der Waals surface area contributed by atoms with Crippen LogP contribution in [0, 0.1) is 0 Å². The Bertz CT molecular complexity index is 828. The highest BCUT2D eigenvalue weighted by Gasteiger charge is 2.53. The summed E-state index contributed by atoms with van der Waals surface area (Å²) in [6, 6.07) is 5.30. The lowest BCUT2D eigenvalue weighted by atomic mass is 9.87. The van der Waals surface area contributed by atoms with E-state index in [2.05, 4.69) is 10.3 Å². The number of rotatable bonds is 5. The van der Waals surface area contributed by atoms with Crippen LogP contribution < -0.4 is 9.47 Å². The van der Waals surface area contributed by atoms with Gasteiger partial charge in [-0.3, -0.25) is 0 Å². The predicted molar refractivity (Wildman–Crippen MR) is 99.6 cm³/mol. The number of hydrogen-bond acceptors (Lipinski definition) is 6. The number of nitrogens with zero attached hydrogens (tertiary/aromatic N) is 3. The molecular formula is C18H23BFN3O4. The SMILES string of the molecule is COc1cc(OC)cc(-n2cc(C=C(F)B3OC(C)(C)C(C)(C)O3)nn2)c1. The van der Waals surface area contributed by atoms with Crippen molar-refractivity contribution in [1.82, 2.24) is 15.0 Å². The van der Waals surface area contributed by atoms with Gasteiger partial charge in [-0.15, -0.1) is 5.10 Å². The summed E-state index contributed by atoms with van der Waals surface area (Å²) in [5, 5.41) is 8.03. The van der Waals surface area contributed by atoms with E-state index in [-0.39, 0.29) is 0 Å². The van der Waals surface area contributed by atoms with Gasteiger partial charge in [-0.25, -0.2) is 9.07 Å². The zero-order valence-electron chi connectivity index (χ0n) is 16.3. The Morgan fingerprint density at radius 1 is 1.07 bits per heavy atom. The normalized spacial score (nSPS) is 18.6. The lowest BCUT2D eigenvalue weighted by Gasteiger charge is -2.32. The van der Waals surface area contributed by atoms with Crippen molar-refractivity contribution in [2.45, 2.75) is 38.9 Å². The largest absolute Gasteiger partial charge is 0.525 e. The van der Waals surface area contributed by atoms with E-state index in [0.29, 0.717) is 22.9 Å². The summed E-state index contributed by atoms with van der Waals surface area (Å²) in [5.41, 5.74) is -0.780. The highest BCUT2D eigenvalue weighted by atomic mass is 19.1. The van der Waals surface area contributed by atoms with Gasteiger partial charge >= 0.3 is 7.12 Å². The first-order valence-electron chi connectivity index (χ1n) is 8.54. The highest BCUT2D eigenvalue weighted by molar-refractivity contribution is 6.54. The Kier molecular flexibility index (Phi) is 5.01. The molecule has 0 radical (unpaired) electrons. The van der Waals surface area contributed by atoms with Gasteiger partial charge < -0.3 is 18.8 Å². The Morgan fingerprint density at radius 2 is 1.63 bits per heavy atom. The van der Waals surface area contributed by atoms with E-state index in [1.165, 1.54) is 10.8 Å². The summed E-state index contributed by atoms with van der Waals surface area (Å²) in [5.74, 6) is 1.22. The fourth-order valence-corrected chi connectivity index (χ4v) is 2.56. The van der Waals surface area contributed by atoms with Gasteiger partial charge in [0.2, 0.25) is 0 Å². The fourth-order valence-electron chi connectivity index (χ4n) is 2.56. The molecule has 9 heteroatoms. The van der Waals surface area contributed by atoms with Gasteiger partial charge in [0, 0.05) is 18.2 Å². The molecule has 0 atom stereocenters. The van der Waals surface area contributed by atoms with Crippen LogP contribution in [0.2, 0.25) is 0 Å². The third kappa shape index (κ3) is 3.84. The van der Waals surface area contributed by atoms with E-state index in [9.17, 15) is 4.39 Å². The maximum atomic E-state index is 14.6. The van der Waals surface area contributed by atoms with Crippen molar-refractivity contribution >= 4 is 13.2 Å². The molecule has 1 aromatic carbocycles. The molecule has 0 aliphatic carbocycles. The van der Waals surface area contributed by atoms with Gasteiger partial charge in [0.15, 0.2) is 0 Å². The maximum Gasteiger partial charge on any atom is 0.525 e.